The van der Waals surface area contributed by atoms with Gasteiger partial charge in [0.25, 0.3) is 0 Å². The van der Waals surface area contributed by atoms with Gasteiger partial charge in [-0.05, 0) is 18.6 Å². The Bertz CT molecular complexity index is 301. The molecule has 56 valence electrons. The molecule has 0 heterocycles. The Kier molecular flexibility index (Phi) is 2.07. The van der Waals surface area contributed by atoms with Crippen molar-refractivity contribution in [3.8, 4) is 5.75 Å². The van der Waals surface area contributed by atoms with E-state index in [1.165, 1.54) is 0 Å². The lowest BCUT2D eigenvalue weighted by molar-refractivity contribution is 0.412. The third kappa shape index (κ3) is 1.47. The van der Waals surface area contributed by atoms with Gasteiger partial charge in [0.2, 0.25) is 5.39 Å². The first-order valence-corrected chi connectivity index (χ1v) is 3.27. The van der Waals surface area contributed by atoms with E-state index in [4.69, 9.17) is 10.1 Å². The average molecular weight is 149 g/mol. The van der Waals surface area contributed by atoms with E-state index in [1.54, 1.807) is 25.3 Å². The SMILES string of the molecule is COc1ccc([N+]#N)cc1C. The Hall–Kier alpha value is -1.56. The number of aryl methyl sites for hydroxylation is 1. The molecule has 0 N–H and O–H groups in total. The maximum atomic E-state index is 8.41. The van der Waals surface area contributed by atoms with E-state index in [2.05, 4.69) is 4.98 Å². The van der Waals surface area contributed by atoms with Crippen molar-refractivity contribution in [2.75, 3.05) is 7.11 Å². The molecule has 1 aromatic carbocycles. The van der Waals surface area contributed by atoms with Crippen LogP contribution in [0.5, 0.6) is 5.75 Å². The monoisotopic (exact) mass is 149 g/mol. The predicted octanol–water partition coefficient (Wildman–Crippen LogP) is 2.49. The van der Waals surface area contributed by atoms with E-state index in [0.29, 0.717) is 5.69 Å². The van der Waals surface area contributed by atoms with Crippen molar-refractivity contribution in [2.24, 2.45) is 0 Å². The zero-order chi connectivity index (χ0) is 8.27. The normalized spacial score (nSPS) is 8.82. The summed E-state index contributed by atoms with van der Waals surface area (Å²) in [5, 5.41) is 8.41. The lowest BCUT2D eigenvalue weighted by Crippen LogP contribution is -1.84. The number of hydrogen-bond acceptors (Lipinski definition) is 2. The molecular weight excluding hydrogens is 140 g/mol. The first-order valence-electron chi connectivity index (χ1n) is 3.27. The highest BCUT2D eigenvalue weighted by molar-refractivity contribution is 5.50. The summed E-state index contributed by atoms with van der Waals surface area (Å²) in [4.78, 5) is 3.05. The van der Waals surface area contributed by atoms with Gasteiger partial charge >= 0.3 is 5.69 Å². The van der Waals surface area contributed by atoms with E-state index in [-0.39, 0.29) is 0 Å². The standard InChI is InChI=1S/C8H9N2O/c1-6-5-7(10-9)3-4-8(6)11-2/h3-5H,1-2H3/q+1. The number of benzene rings is 1. The molecule has 0 fully saturated rings. The molecule has 11 heavy (non-hydrogen) atoms. The van der Waals surface area contributed by atoms with Crippen LogP contribution in [0.2, 0.25) is 0 Å². The van der Waals surface area contributed by atoms with Gasteiger partial charge < -0.3 is 4.74 Å². The molecular formula is C8H9N2O+. The number of rotatable bonds is 1. The summed E-state index contributed by atoms with van der Waals surface area (Å²) in [6.07, 6.45) is 0. The second kappa shape index (κ2) is 3.02. The first kappa shape index (κ1) is 7.55. The van der Waals surface area contributed by atoms with Gasteiger partial charge in [-0.15, -0.1) is 0 Å². The number of methoxy groups -OCH3 is 1. The third-order valence-corrected chi connectivity index (χ3v) is 1.49. The molecule has 0 unspecified atom stereocenters. The van der Waals surface area contributed by atoms with Crippen molar-refractivity contribution in [1.29, 1.82) is 5.39 Å². The van der Waals surface area contributed by atoms with Crippen molar-refractivity contribution in [2.45, 2.75) is 6.92 Å². The minimum Gasteiger partial charge on any atom is -0.496 e. The van der Waals surface area contributed by atoms with E-state index in [0.717, 1.165) is 11.3 Å². The topological polar surface area (TPSA) is 37.4 Å². The first-order chi connectivity index (χ1) is 5.27. The zero-order valence-electron chi connectivity index (χ0n) is 6.53. The average Bonchev–Trinajstić information content (AvgIpc) is 2.04. The number of diazo groups is 1. The molecule has 0 aromatic heterocycles. The van der Waals surface area contributed by atoms with Gasteiger partial charge in [-0.3, -0.25) is 0 Å². The van der Waals surface area contributed by atoms with Gasteiger partial charge in [0.05, 0.1) is 7.11 Å². The van der Waals surface area contributed by atoms with Crippen LogP contribution in [0.3, 0.4) is 0 Å². The van der Waals surface area contributed by atoms with Crippen LogP contribution in [-0.4, -0.2) is 7.11 Å². The van der Waals surface area contributed by atoms with Crippen molar-refractivity contribution < 1.29 is 4.74 Å². The van der Waals surface area contributed by atoms with Crippen LogP contribution in [0.4, 0.5) is 5.69 Å². The Morgan fingerprint density at radius 1 is 1.45 bits per heavy atom. The fourth-order valence-corrected chi connectivity index (χ4v) is 0.925. The van der Waals surface area contributed by atoms with Crippen LogP contribution in [0, 0.1) is 12.3 Å². The van der Waals surface area contributed by atoms with Crippen molar-refractivity contribution in [1.82, 2.24) is 0 Å². The fraction of sp³-hybridized carbons (Fsp3) is 0.250. The highest BCUT2D eigenvalue weighted by Gasteiger charge is 2.06. The second-order valence-electron chi connectivity index (χ2n) is 2.25. The van der Waals surface area contributed by atoms with Gasteiger partial charge in [0, 0.05) is 12.1 Å². The number of hydrogen-bond donors (Lipinski definition) is 0. The molecule has 3 heteroatoms. The Labute approximate surface area is 65.2 Å². The van der Waals surface area contributed by atoms with Crippen LogP contribution < -0.4 is 4.74 Å². The maximum absolute atomic E-state index is 8.41. The zero-order valence-corrected chi connectivity index (χ0v) is 6.53. The summed E-state index contributed by atoms with van der Waals surface area (Å²) in [6, 6.07) is 5.20. The summed E-state index contributed by atoms with van der Waals surface area (Å²) in [6.45, 7) is 1.90. The van der Waals surface area contributed by atoms with E-state index in [9.17, 15) is 0 Å². The third-order valence-electron chi connectivity index (χ3n) is 1.49. The van der Waals surface area contributed by atoms with Gasteiger partial charge in [0.1, 0.15) is 5.75 Å². The minimum atomic E-state index is 0.545. The van der Waals surface area contributed by atoms with Crippen molar-refractivity contribution >= 4 is 5.69 Å². The lowest BCUT2D eigenvalue weighted by atomic mass is 10.2. The molecule has 0 aliphatic carbocycles. The number of nitrogens with zero attached hydrogens (tertiary/aromatic N) is 2. The Morgan fingerprint density at radius 3 is 2.64 bits per heavy atom. The quantitative estimate of drug-likeness (QED) is 0.575. The van der Waals surface area contributed by atoms with E-state index >= 15 is 0 Å². The van der Waals surface area contributed by atoms with E-state index in [1.807, 2.05) is 6.92 Å². The molecule has 3 nitrogen and oxygen atoms in total. The lowest BCUT2D eigenvalue weighted by Gasteiger charge is -1.99. The molecule has 0 saturated heterocycles. The second-order valence-corrected chi connectivity index (χ2v) is 2.25. The molecule has 0 atom stereocenters. The highest BCUT2D eigenvalue weighted by atomic mass is 16.5. The predicted molar refractivity (Wildman–Crippen MR) is 42.5 cm³/mol. The highest BCUT2D eigenvalue weighted by Crippen LogP contribution is 2.22. The van der Waals surface area contributed by atoms with E-state index < -0.39 is 0 Å². The molecule has 1 aromatic rings. The van der Waals surface area contributed by atoms with Gasteiger partial charge in [-0.25, -0.2) is 0 Å². The molecule has 0 saturated carbocycles. The van der Waals surface area contributed by atoms with Crippen LogP contribution in [0.1, 0.15) is 5.56 Å². The summed E-state index contributed by atoms with van der Waals surface area (Å²) in [5.74, 6) is 0.803. The molecule has 0 spiro atoms. The summed E-state index contributed by atoms with van der Waals surface area (Å²) < 4.78 is 5.02. The molecule has 0 amide bonds. The van der Waals surface area contributed by atoms with Gasteiger partial charge in [-0.2, -0.15) is 0 Å². The van der Waals surface area contributed by atoms with Gasteiger partial charge in [-0.1, -0.05) is 0 Å². The van der Waals surface area contributed by atoms with Crippen molar-refractivity contribution in [3.05, 3.63) is 28.7 Å². The van der Waals surface area contributed by atoms with Crippen molar-refractivity contribution in [3.63, 3.8) is 0 Å². The molecule has 0 aliphatic heterocycles. The van der Waals surface area contributed by atoms with Crippen LogP contribution in [0.25, 0.3) is 4.98 Å². The summed E-state index contributed by atoms with van der Waals surface area (Å²) >= 11 is 0. The fourth-order valence-electron chi connectivity index (χ4n) is 0.925. The smallest absolute Gasteiger partial charge is 0.385 e. The van der Waals surface area contributed by atoms with Gasteiger partial charge in [0.15, 0.2) is 4.98 Å². The van der Waals surface area contributed by atoms with Crippen LogP contribution >= 0.6 is 0 Å². The van der Waals surface area contributed by atoms with Crippen LogP contribution in [0.15, 0.2) is 18.2 Å². The Balaban J connectivity index is 3.12. The minimum absolute atomic E-state index is 0.545. The molecule has 0 radical (unpaired) electrons. The maximum Gasteiger partial charge on any atom is 0.385 e. The van der Waals surface area contributed by atoms with Crippen LogP contribution in [-0.2, 0) is 0 Å². The summed E-state index contributed by atoms with van der Waals surface area (Å²) in [7, 11) is 1.61. The largest absolute Gasteiger partial charge is 0.496 e. The number of ether oxygens (including phenoxy) is 1. The molecule has 0 bridgehead atoms. The molecule has 1 rings (SSSR count). The Morgan fingerprint density at radius 2 is 2.18 bits per heavy atom. The summed E-state index contributed by atoms with van der Waals surface area (Å²) in [5.41, 5.74) is 1.51. The molecule has 0 aliphatic rings.